The van der Waals surface area contributed by atoms with E-state index in [1.165, 1.54) is 0 Å². The van der Waals surface area contributed by atoms with Crippen LogP contribution in [0.5, 0.6) is 0 Å². The van der Waals surface area contributed by atoms with Gasteiger partial charge < -0.3 is 0 Å². The first-order chi connectivity index (χ1) is 3.77. The highest BCUT2D eigenvalue weighted by Gasteiger charge is 1.78. The molecule has 0 fully saturated rings. The van der Waals surface area contributed by atoms with Gasteiger partial charge in [0.15, 0.2) is 5.78 Å². The predicted molar refractivity (Wildman–Crippen MR) is 38.0 cm³/mol. The number of allylic oxidation sites excluding steroid dienone is 1. The summed E-state index contributed by atoms with van der Waals surface area (Å²) in [6.07, 6.45) is 1.58. The zero-order chi connectivity index (χ0) is 6.41. The molecule has 0 aliphatic heterocycles. The highest BCUT2D eigenvalue weighted by molar-refractivity contribution is 8.02. The Bertz CT molecular complexity index is 96.7. The zero-order valence-corrected chi connectivity index (χ0v) is 5.99. The van der Waals surface area contributed by atoms with Crippen molar-refractivity contribution in [2.45, 2.75) is 13.8 Å². The number of ketones is 1. The highest BCUT2D eigenvalue weighted by Crippen LogP contribution is 1.98. The third-order valence-electron chi connectivity index (χ3n) is 0.566. The van der Waals surface area contributed by atoms with Gasteiger partial charge >= 0.3 is 0 Å². The van der Waals surface area contributed by atoms with Crippen LogP contribution in [0.4, 0.5) is 0 Å². The first kappa shape index (κ1) is 7.76. The lowest BCUT2D eigenvalue weighted by atomic mass is 10.5. The molecule has 0 aromatic heterocycles. The average Bonchev–Trinajstić information content (AvgIpc) is 1.66. The molecule has 0 heterocycles. The van der Waals surface area contributed by atoms with Gasteiger partial charge in [0.25, 0.3) is 0 Å². The first-order valence-electron chi connectivity index (χ1n) is 2.56. The summed E-state index contributed by atoms with van der Waals surface area (Å²) in [5.41, 5.74) is 0. The van der Waals surface area contributed by atoms with Gasteiger partial charge in [-0.1, -0.05) is 6.92 Å². The van der Waals surface area contributed by atoms with Crippen molar-refractivity contribution in [1.29, 1.82) is 0 Å². The molecule has 0 aromatic rings. The second-order valence-corrected chi connectivity index (χ2v) is 2.55. The van der Waals surface area contributed by atoms with Crippen LogP contribution in [-0.2, 0) is 4.79 Å². The van der Waals surface area contributed by atoms with Gasteiger partial charge in [-0.25, -0.2) is 0 Å². The Hall–Kier alpha value is -0.240. The number of thioether (sulfide) groups is 1. The summed E-state index contributed by atoms with van der Waals surface area (Å²) in [5, 5.41) is 1.82. The second-order valence-electron chi connectivity index (χ2n) is 1.37. The van der Waals surface area contributed by atoms with E-state index in [9.17, 15) is 4.79 Å². The van der Waals surface area contributed by atoms with Gasteiger partial charge in [0.2, 0.25) is 0 Å². The zero-order valence-electron chi connectivity index (χ0n) is 5.18. The largest absolute Gasteiger partial charge is 0.295 e. The van der Waals surface area contributed by atoms with Crippen LogP contribution < -0.4 is 0 Å². The molecule has 0 amide bonds. The molecule has 1 nitrogen and oxygen atoms in total. The number of carbonyl (C=O) groups excluding carboxylic acids is 1. The fourth-order valence-electron chi connectivity index (χ4n) is 0.240. The Morgan fingerprint density at radius 3 is 2.75 bits per heavy atom. The molecule has 46 valence electrons. The van der Waals surface area contributed by atoms with Crippen LogP contribution in [0.1, 0.15) is 13.8 Å². The van der Waals surface area contributed by atoms with Gasteiger partial charge in [0, 0.05) is 0 Å². The Morgan fingerprint density at radius 1 is 1.75 bits per heavy atom. The predicted octanol–water partition coefficient (Wildman–Crippen LogP) is 1.84. The molecule has 0 aromatic carbocycles. The summed E-state index contributed by atoms with van der Waals surface area (Å²) in [6, 6.07) is 0. The van der Waals surface area contributed by atoms with E-state index in [-0.39, 0.29) is 5.78 Å². The molecule has 0 spiro atoms. The van der Waals surface area contributed by atoms with Gasteiger partial charge in [0.05, 0.1) is 0 Å². The minimum absolute atomic E-state index is 0.117. The van der Waals surface area contributed by atoms with Crippen LogP contribution in [-0.4, -0.2) is 11.5 Å². The minimum atomic E-state index is 0.117. The van der Waals surface area contributed by atoms with Crippen molar-refractivity contribution < 1.29 is 4.79 Å². The molecular formula is C6H10OS. The van der Waals surface area contributed by atoms with E-state index in [2.05, 4.69) is 6.92 Å². The van der Waals surface area contributed by atoms with E-state index in [0.29, 0.717) is 0 Å². The number of carbonyl (C=O) groups is 1. The maximum atomic E-state index is 10.2. The smallest absolute Gasteiger partial charge is 0.153 e. The third-order valence-corrected chi connectivity index (χ3v) is 1.23. The van der Waals surface area contributed by atoms with Gasteiger partial charge in [-0.15, -0.1) is 11.8 Å². The molecule has 0 rings (SSSR count). The quantitative estimate of drug-likeness (QED) is 0.542. The van der Waals surface area contributed by atoms with Gasteiger partial charge in [0.1, 0.15) is 0 Å². The van der Waals surface area contributed by atoms with Crippen LogP contribution >= 0.6 is 11.8 Å². The summed E-state index contributed by atoms with van der Waals surface area (Å²) in [6.45, 7) is 3.60. The summed E-state index contributed by atoms with van der Waals surface area (Å²) in [4.78, 5) is 10.2. The monoisotopic (exact) mass is 130 g/mol. The molecule has 2 heteroatoms. The molecule has 0 bridgehead atoms. The lowest BCUT2D eigenvalue weighted by Gasteiger charge is -1.80. The maximum Gasteiger partial charge on any atom is 0.153 e. The molecule has 8 heavy (non-hydrogen) atoms. The third kappa shape index (κ3) is 5.76. The number of hydrogen-bond acceptors (Lipinski definition) is 2. The van der Waals surface area contributed by atoms with Crippen molar-refractivity contribution >= 4 is 17.5 Å². The van der Waals surface area contributed by atoms with Gasteiger partial charge in [-0.3, -0.25) is 4.79 Å². The second kappa shape index (κ2) is 4.91. The fraction of sp³-hybridized carbons (Fsp3) is 0.500. The van der Waals surface area contributed by atoms with Gasteiger partial charge in [-0.05, 0) is 24.2 Å². The SMILES string of the molecule is CCS/C=C/C(C)=O. The number of hydrogen-bond donors (Lipinski definition) is 0. The molecule has 0 aliphatic carbocycles. The molecule has 0 atom stereocenters. The first-order valence-corrected chi connectivity index (χ1v) is 3.61. The molecule has 0 saturated heterocycles. The summed E-state index contributed by atoms with van der Waals surface area (Å²) in [5.74, 6) is 1.15. The molecule has 0 N–H and O–H groups in total. The van der Waals surface area contributed by atoms with Crippen molar-refractivity contribution in [2.75, 3.05) is 5.75 Å². The molecule has 0 unspecified atom stereocenters. The van der Waals surface area contributed by atoms with Crippen molar-refractivity contribution in [3.8, 4) is 0 Å². The Morgan fingerprint density at radius 2 is 2.38 bits per heavy atom. The van der Waals surface area contributed by atoms with Crippen LogP contribution in [0, 0.1) is 0 Å². The lowest BCUT2D eigenvalue weighted by Crippen LogP contribution is -1.77. The van der Waals surface area contributed by atoms with Gasteiger partial charge in [-0.2, -0.15) is 0 Å². The maximum absolute atomic E-state index is 10.2. The topological polar surface area (TPSA) is 17.1 Å². The van der Waals surface area contributed by atoms with E-state index in [4.69, 9.17) is 0 Å². The standard InChI is InChI=1S/C6H10OS/c1-3-8-5-4-6(2)7/h4-5H,3H2,1-2H3/b5-4+. The molecule has 0 saturated carbocycles. The number of rotatable bonds is 3. The van der Waals surface area contributed by atoms with Crippen LogP contribution in [0.3, 0.4) is 0 Å². The summed E-state index contributed by atoms with van der Waals surface area (Å²) in [7, 11) is 0. The normalized spacial score (nSPS) is 10.2. The van der Waals surface area contributed by atoms with E-state index in [1.54, 1.807) is 24.8 Å². The van der Waals surface area contributed by atoms with E-state index >= 15 is 0 Å². The minimum Gasteiger partial charge on any atom is -0.295 e. The van der Waals surface area contributed by atoms with Crippen LogP contribution in [0.15, 0.2) is 11.5 Å². The average molecular weight is 130 g/mol. The molecule has 0 radical (unpaired) electrons. The van der Waals surface area contributed by atoms with E-state index in [1.807, 2.05) is 5.41 Å². The summed E-state index contributed by atoms with van der Waals surface area (Å²) < 4.78 is 0. The van der Waals surface area contributed by atoms with Crippen molar-refractivity contribution in [3.63, 3.8) is 0 Å². The highest BCUT2D eigenvalue weighted by atomic mass is 32.2. The Balaban J connectivity index is 3.20. The summed E-state index contributed by atoms with van der Waals surface area (Å²) >= 11 is 1.64. The van der Waals surface area contributed by atoms with Crippen LogP contribution in [0.25, 0.3) is 0 Å². The lowest BCUT2D eigenvalue weighted by molar-refractivity contribution is -0.112. The Kier molecular flexibility index (Phi) is 4.76. The fourth-order valence-corrected chi connectivity index (χ4v) is 0.720. The van der Waals surface area contributed by atoms with E-state index in [0.717, 1.165) is 5.75 Å². The van der Waals surface area contributed by atoms with Crippen molar-refractivity contribution in [2.24, 2.45) is 0 Å². The molecular weight excluding hydrogens is 120 g/mol. The van der Waals surface area contributed by atoms with Crippen LogP contribution in [0.2, 0.25) is 0 Å². The van der Waals surface area contributed by atoms with E-state index < -0.39 is 0 Å². The Labute approximate surface area is 54.2 Å². The molecule has 0 aliphatic rings. The van der Waals surface area contributed by atoms with Crippen molar-refractivity contribution in [3.05, 3.63) is 11.5 Å². The van der Waals surface area contributed by atoms with Crippen molar-refractivity contribution in [1.82, 2.24) is 0 Å².